The van der Waals surface area contributed by atoms with E-state index in [1.807, 2.05) is 6.92 Å². The number of nitrogens with zero attached hydrogens (tertiary/aromatic N) is 5. The number of fused-ring (bicyclic) bond motifs is 1. The predicted molar refractivity (Wildman–Crippen MR) is 149 cm³/mol. The number of carbonyl (C=O) groups is 1. The van der Waals surface area contributed by atoms with Gasteiger partial charge in [-0.15, -0.1) is 13.2 Å². The number of nitrogens with one attached hydrogen (secondary N) is 2. The quantitative estimate of drug-likeness (QED) is 0.388. The Labute approximate surface area is 245 Å². The van der Waals surface area contributed by atoms with E-state index in [9.17, 15) is 26.4 Å². The molecule has 0 saturated carbocycles. The Morgan fingerprint density at radius 3 is 2.67 bits per heavy atom. The lowest BCUT2D eigenvalue weighted by Gasteiger charge is -2.41. The lowest BCUT2D eigenvalue weighted by Crippen LogP contribution is -2.50. The normalized spacial score (nSPS) is 19.3. The molecular weight excluding hydrogens is 599 g/mol. The van der Waals surface area contributed by atoms with Gasteiger partial charge in [0.25, 0.3) is 5.91 Å². The molecule has 4 heterocycles. The molecular formula is C26H27ClF3N7O4S. The first-order chi connectivity index (χ1) is 19.7. The molecule has 2 aliphatic rings. The first-order valence-corrected chi connectivity index (χ1v) is 15.2. The number of sulfonamides is 1. The predicted octanol–water partition coefficient (Wildman–Crippen LogP) is 4.55. The fourth-order valence-electron chi connectivity index (χ4n) is 5.17. The van der Waals surface area contributed by atoms with Gasteiger partial charge in [-0.25, -0.2) is 23.4 Å². The number of carbonyl (C=O) groups excluding carboxylic acids is 1. The maximum absolute atomic E-state index is 13.2. The Morgan fingerprint density at radius 2 is 1.95 bits per heavy atom. The number of amides is 1. The third-order valence-corrected chi connectivity index (χ3v) is 7.91. The van der Waals surface area contributed by atoms with Crippen LogP contribution in [0.5, 0.6) is 5.75 Å². The molecule has 1 saturated heterocycles. The van der Waals surface area contributed by atoms with Crippen LogP contribution >= 0.6 is 11.6 Å². The van der Waals surface area contributed by atoms with E-state index in [1.165, 1.54) is 24.4 Å². The number of ether oxygens (including phenoxy) is 1. The van der Waals surface area contributed by atoms with E-state index in [0.717, 1.165) is 36.4 Å². The summed E-state index contributed by atoms with van der Waals surface area (Å²) < 4.78 is 67.4. The Hall–Kier alpha value is -3.69. The van der Waals surface area contributed by atoms with Gasteiger partial charge in [-0.2, -0.15) is 0 Å². The molecule has 0 aliphatic carbocycles. The summed E-state index contributed by atoms with van der Waals surface area (Å²) in [6.07, 6.45) is 0.686. The van der Waals surface area contributed by atoms with E-state index < -0.39 is 22.1 Å². The number of piperidine rings is 1. The van der Waals surface area contributed by atoms with Crippen LogP contribution in [0.15, 0.2) is 42.7 Å². The molecule has 1 aromatic carbocycles. The van der Waals surface area contributed by atoms with Crippen molar-refractivity contribution in [2.24, 2.45) is 0 Å². The van der Waals surface area contributed by atoms with Gasteiger partial charge in [0.05, 0.1) is 17.0 Å². The van der Waals surface area contributed by atoms with Crippen LogP contribution in [0.1, 0.15) is 41.4 Å². The third-order valence-electron chi connectivity index (χ3n) is 7.02. The summed E-state index contributed by atoms with van der Waals surface area (Å²) >= 11 is 5.83. The molecule has 0 bridgehead atoms. The zero-order valence-corrected chi connectivity index (χ0v) is 24.1. The highest BCUT2D eigenvalue weighted by molar-refractivity contribution is 7.92. The second-order valence-electron chi connectivity index (χ2n) is 10.2. The molecule has 2 N–H and O–H groups in total. The molecule has 3 aromatic rings. The zero-order chi connectivity index (χ0) is 30.2. The molecule has 0 spiro atoms. The Bertz CT molecular complexity index is 1610. The average molecular weight is 626 g/mol. The molecule has 2 aromatic heterocycles. The highest BCUT2D eigenvalue weighted by atomic mass is 35.5. The number of pyridine rings is 1. The van der Waals surface area contributed by atoms with Crippen molar-refractivity contribution in [2.45, 2.75) is 51.3 Å². The van der Waals surface area contributed by atoms with Gasteiger partial charge >= 0.3 is 6.36 Å². The SMILES string of the molecule is C[C@@H]1C[C@@H](N2Cc3cnc(Nc4ccc(Cl)c(OC(F)(F)F)c4)nc3C2)CCN1C(=O)c1ccnc(NS(C)(=O)=O)c1. The number of hydrogen-bond donors (Lipinski definition) is 2. The molecule has 11 nitrogen and oxygen atoms in total. The fourth-order valence-corrected chi connectivity index (χ4v) is 5.81. The van der Waals surface area contributed by atoms with Crippen molar-refractivity contribution < 1.29 is 31.1 Å². The van der Waals surface area contributed by atoms with Gasteiger partial charge in [0.2, 0.25) is 16.0 Å². The first-order valence-electron chi connectivity index (χ1n) is 12.9. The van der Waals surface area contributed by atoms with Crippen LogP contribution in [-0.2, 0) is 23.1 Å². The van der Waals surface area contributed by atoms with Crippen LogP contribution in [0.3, 0.4) is 0 Å². The van der Waals surface area contributed by atoms with Crippen molar-refractivity contribution in [3.8, 4) is 5.75 Å². The zero-order valence-electron chi connectivity index (χ0n) is 22.5. The smallest absolute Gasteiger partial charge is 0.404 e. The van der Waals surface area contributed by atoms with E-state index in [4.69, 9.17) is 11.6 Å². The summed E-state index contributed by atoms with van der Waals surface area (Å²) in [4.78, 5) is 30.2. The van der Waals surface area contributed by atoms with Crippen molar-refractivity contribution >= 4 is 45.0 Å². The Kier molecular flexibility index (Phi) is 8.18. The second-order valence-corrected chi connectivity index (χ2v) is 12.4. The Morgan fingerprint density at radius 1 is 1.17 bits per heavy atom. The second kappa shape index (κ2) is 11.5. The number of likely N-dealkylation sites (tertiary alicyclic amines) is 1. The number of rotatable bonds is 7. The lowest BCUT2D eigenvalue weighted by molar-refractivity contribution is -0.274. The topological polar surface area (TPSA) is 130 Å². The van der Waals surface area contributed by atoms with Crippen molar-refractivity contribution in [1.82, 2.24) is 24.8 Å². The van der Waals surface area contributed by atoms with E-state index in [0.29, 0.717) is 25.2 Å². The monoisotopic (exact) mass is 625 g/mol. The van der Waals surface area contributed by atoms with Gasteiger partial charge in [0.15, 0.2) is 0 Å². The first kappa shape index (κ1) is 29.8. The fraction of sp³-hybridized carbons (Fsp3) is 0.385. The summed E-state index contributed by atoms with van der Waals surface area (Å²) in [5.74, 6) is -0.416. The van der Waals surface area contributed by atoms with Crippen LogP contribution in [-0.4, -0.2) is 70.3 Å². The van der Waals surface area contributed by atoms with Gasteiger partial charge in [0.1, 0.15) is 11.6 Å². The van der Waals surface area contributed by atoms with Gasteiger partial charge in [0, 0.05) is 67.0 Å². The highest BCUT2D eigenvalue weighted by Gasteiger charge is 2.35. The molecule has 1 amide bonds. The number of halogens is 4. The van der Waals surface area contributed by atoms with Crippen molar-refractivity contribution in [3.63, 3.8) is 0 Å². The minimum atomic E-state index is -4.88. The van der Waals surface area contributed by atoms with Gasteiger partial charge in [-0.3, -0.25) is 14.4 Å². The molecule has 224 valence electrons. The Balaban J connectivity index is 1.20. The number of anilines is 3. The summed E-state index contributed by atoms with van der Waals surface area (Å²) in [7, 11) is -3.53. The van der Waals surface area contributed by atoms with E-state index in [2.05, 4.69) is 34.6 Å². The van der Waals surface area contributed by atoms with Gasteiger partial charge < -0.3 is 15.0 Å². The van der Waals surface area contributed by atoms with Crippen molar-refractivity contribution in [3.05, 3.63) is 64.6 Å². The van der Waals surface area contributed by atoms with Crippen LogP contribution in [0.2, 0.25) is 5.02 Å². The van der Waals surface area contributed by atoms with Crippen LogP contribution in [0, 0.1) is 0 Å². The van der Waals surface area contributed by atoms with E-state index in [1.54, 1.807) is 17.2 Å². The number of hydrogen-bond acceptors (Lipinski definition) is 9. The molecule has 2 aliphatic heterocycles. The molecule has 42 heavy (non-hydrogen) atoms. The standard InChI is InChI=1S/C26H27ClF3N7O4S/c1-15-9-19(6-8-37(15)24(38)16-5-7-31-23(10-16)35-42(2,39)40)36-13-17-12-32-25(34-21(17)14-36)33-18-3-4-20(27)22(11-18)41-26(28,29)30/h3-5,7,10-12,15,19H,6,8-9,13-14H2,1-2H3,(H,31,35)(H,32,33,34)/t15-,19+/m1/s1. The molecule has 2 atom stereocenters. The third kappa shape index (κ3) is 7.20. The molecule has 16 heteroatoms. The number of aromatic nitrogens is 3. The minimum Gasteiger partial charge on any atom is -0.404 e. The van der Waals surface area contributed by atoms with Gasteiger partial charge in [-0.1, -0.05) is 11.6 Å². The highest BCUT2D eigenvalue weighted by Crippen LogP contribution is 2.34. The van der Waals surface area contributed by atoms with Crippen LogP contribution in [0.25, 0.3) is 0 Å². The van der Waals surface area contributed by atoms with Gasteiger partial charge in [-0.05, 0) is 44.0 Å². The van der Waals surface area contributed by atoms with Crippen LogP contribution in [0.4, 0.5) is 30.6 Å². The van der Waals surface area contributed by atoms with E-state index >= 15 is 0 Å². The minimum absolute atomic E-state index is 0.0687. The largest absolute Gasteiger partial charge is 0.573 e. The maximum atomic E-state index is 13.2. The molecule has 0 unspecified atom stereocenters. The lowest BCUT2D eigenvalue weighted by atomic mass is 9.96. The summed E-state index contributed by atoms with van der Waals surface area (Å²) in [5, 5.41) is 2.72. The number of alkyl halides is 3. The average Bonchev–Trinajstić information content (AvgIpc) is 3.32. The molecule has 1 fully saturated rings. The van der Waals surface area contributed by atoms with Crippen molar-refractivity contribution in [1.29, 1.82) is 0 Å². The molecule has 0 radical (unpaired) electrons. The summed E-state index contributed by atoms with van der Waals surface area (Å²) in [6.45, 7) is 3.70. The van der Waals surface area contributed by atoms with Crippen molar-refractivity contribution in [2.75, 3.05) is 22.8 Å². The summed E-state index contributed by atoms with van der Waals surface area (Å²) in [5.41, 5.74) is 2.39. The van der Waals surface area contributed by atoms with E-state index in [-0.39, 0.29) is 40.5 Å². The number of benzene rings is 1. The maximum Gasteiger partial charge on any atom is 0.573 e. The molecule has 5 rings (SSSR count). The summed E-state index contributed by atoms with van der Waals surface area (Å²) in [6, 6.07) is 7.03. The van der Waals surface area contributed by atoms with Crippen LogP contribution < -0.4 is 14.8 Å².